The molecule has 5 heteroatoms. The SMILES string of the molecule is O=C(N1CCOC(c2ccc(F)cc2)C1)C1(c2cccc(F)c2)CCCC1. The first-order valence-corrected chi connectivity index (χ1v) is 9.51. The van der Waals surface area contributed by atoms with Gasteiger partial charge in [0.2, 0.25) is 5.91 Å². The molecule has 2 aromatic carbocycles. The topological polar surface area (TPSA) is 29.5 Å². The number of amides is 1. The van der Waals surface area contributed by atoms with Gasteiger partial charge in [-0.1, -0.05) is 37.1 Å². The smallest absolute Gasteiger partial charge is 0.233 e. The molecule has 1 heterocycles. The van der Waals surface area contributed by atoms with Gasteiger partial charge in [-0.25, -0.2) is 8.78 Å². The Morgan fingerprint density at radius 1 is 1.04 bits per heavy atom. The number of ether oxygens (including phenoxy) is 1. The van der Waals surface area contributed by atoms with Gasteiger partial charge in [0.25, 0.3) is 0 Å². The highest BCUT2D eigenvalue weighted by Crippen LogP contribution is 2.43. The monoisotopic (exact) mass is 371 g/mol. The van der Waals surface area contributed by atoms with Crippen molar-refractivity contribution in [1.29, 1.82) is 0 Å². The van der Waals surface area contributed by atoms with E-state index < -0.39 is 5.41 Å². The van der Waals surface area contributed by atoms with Gasteiger partial charge in [0.05, 0.1) is 18.6 Å². The van der Waals surface area contributed by atoms with Crippen molar-refractivity contribution in [3.8, 4) is 0 Å². The number of halogens is 2. The zero-order valence-electron chi connectivity index (χ0n) is 15.2. The van der Waals surface area contributed by atoms with Crippen LogP contribution in [0.3, 0.4) is 0 Å². The van der Waals surface area contributed by atoms with Crippen molar-refractivity contribution < 1.29 is 18.3 Å². The molecule has 1 saturated carbocycles. The Labute approximate surface area is 157 Å². The number of benzene rings is 2. The number of hydrogen-bond donors (Lipinski definition) is 0. The van der Waals surface area contributed by atoms with Gasteiger partial charge in [-0.05, 0) is 48.2 Å². The van der Waals surface area contributed by atoms with Crippen LogP contribution in [0.1, 0.15) is 42.9 Å². The molecular weight excluding hydrogens is 348 g/mol. The van der Waals surface area contributed by atoms with E-state index in [1.54, 1.807) is 18.2 Å². The maximum Gasteiger partial charge on any atom is 0.233 e. The first-order chi connectivity index (χ1) is 13.1. The summed E-state index contributed by atoms with van der Waals surface area (Å²) in [5.41, 5.74) is 0.988. The van der Waals surface area contributed by atoms with E-state index in [4.69, 9.17) is 4.74 Å². The lowest BCUT2D eigenvalue weighted by atomic mass is 9.77. The molecule has 0 N–H and O–H groups in total. The number of nitrogens with zero attached hydrogens (tertiary/aromatic N) is 1. The molecule has 2 aromatic rings. The second-order valence-electron chi connectivity index (χ2n) is 7.46. The predicted molar refractivity (Wildman–Crippen MR) is 98.2 cm³/mol. The Balaban J connectivity index is 1.59. The Morgan fingerprint density at radius 2 is 1.78 bits per heavy atom. The molecule has 27 heavy (non-hydrogen) atoms. The van der Waals surface area contributed by atoms with Gasteiger partial charge >= 0.3 is 0 Å². The fourth-order valence-corrected chi connectivity index (χ4v) is 4.41. The fourth-order valence-electron chi connectivity index (χ4n) is 4.41. The highest BCUT2D eigenvalue weighted by atomic mass is 19.1. The van der Waals surface area contributed by atoms with Crippen LogP contribution >= 0.6 is 0 Å². The van der Waals surface area contributed by atoms with Gasteiger partial charge in [0.15, 0.2) is 0 Å². The molecular formula is C22H23F2NO2. The van der Waals surface area contributed by atoms with E-state index in [0.29, 0.717) is 19.7 Å². The van der Waals surface area contributed by atoms with Crippen LogP contribution in [0, 0.1) is 11.6 Å². The van der Waals surface area contributed by atoms with Crippen LogP contribution in [0.5, 0.6) is 0 Å². The summed E-state index contributed by atoms with van der Waals surface area (Å²) in [6.45, 7) is 1.39. The third-order valence-corrected chi connectivity index (χ3v) is 5.84. The zero-order valence-corrected chi connectivity index (χ0v) is 15.2. The molecule has 3 nitrogen and oxygen atoms in total. The van der Waals surface area contributed by atoms with Crippen LogP contribution in [0.4, 0.5) is 8.78 Å². The molecule has 0 aromatic heterocycles. The van der Waals surface area contributed by atoms with E-state index in [9.17, 15) is 13.6 Å². The summed E-state index contributed by atoms with van der Waals surface area (Å²) in [5, 5.41) is 0. The molecule has 2 fully saturated rings. The molecule has 2 aliphatic rings. The summed E-state index contributed by atoms with van der Waals surface area (Å²) in [6, 6.07) is 12.7. The summed E-state index contributed by atoms with van der Waals surface area (Å²) in [7, 11) is 0. The summed E-state index contributed by atoms with van der Waals surface area (Å²) in [6.07, 6.45) is 3.15. The van der Waals surface area contributed by atoms with Crippen LogP contribution in [0.25, 0.3) is 0 Å². The highest BCUT2D eigenvalue weighted by molar-refractivity contribution is 5.88. The van der Waals surface area contributed by atoms with Crippen molar-refractivity contribution >= 4 is 5.91 Å². The van der Waals surface area contributed by atoms with Crippen molar-refractivity contribution in [3.63, 3.8) is 0 Å². The van der Waals surface area contributed by atoms with Gasteiger partial charge in [-0.2, -0.15) is 0 Å². The largest absolute Gasteiger partial charge is 0.370 e. The Bertz CT molecular complexity index is 815. The Kier molecular flexibility index (Phi) is 4.96. The van der Waals surface area contributed by atoms with Crippen LogP contribution in [-0.2, 0) is 14.9 Å². The Morgan fingerprint density at radius 3 is 2.48 bits per heavy atom. The second kappa shape index (κ2) is 7.39. The van der Waals surface area contributed by atoms with E-state index in [1.165, 1.54) is 24.3 Å². The minimum Gasteiger partial charge on any atom is -0.370 e. The van der Waals surface area contributed by atoms with E-state index in [1.807, 2.05) is 11.0 Å². The van der Waals surface area contributed by atoms with Crippen LogP contribution < -0.4 is 0 Å². The van der Waals surface area contributed by atoms with Crippen LogP contribution in [0.2, 0.25) is 0 Å². The quantitative estimate of drug-likeness (QED) is 0.802. The van der Waals surface area contributed by atoms with Crippen molar-refractivity contribution in [2.24, 2.45) is 0 Å². The molecule has 1 unspecified atom stereocenters. The second-order valence-corrected chi connectivity index (χ2v) is 7.46. The maximum atomic E-state index is 13.8. The number of carbonyl (C=O) groups excluding carboxylic acids is 1. The first kappa shape index (κ1) is 18.1. The first-order valence-electron chi connectivity index (χ1n) is 9.51. The van der Waals surface area contributed by atoms with Crippen LogP contribution in [-0.4, -0.2) is 30.5 Å². The van der Waals surface area contributed by atoms with Gasteiger partial charge in [0, 0.05) is 6.54 Å². The summed E-state index contributed by atoms with van der Waals surface area (Å²) < 4.78 is 32.9. The summed E-state index contributed by atoms with van der Waals surface area (Å²) in [4.78, 5) is 15.4. The third-order valence-electron chi connectivity index (χ3n) is 5.84. The van der Waals surface area contributed by atoms with Crippen molar-refractivity contribution in [2.75, 3.05) is 19.7 Å². The highest BCUT2D eigenvalue weighted by Gasteiger charge is 2.46. The number of hydrogen-bond acceptors (Lipinski definition) is 2. The van der Waals surface area contributed by atoms with E-state index in [-0.39, 0.29) is 23.6 Å². The lowest BCUT2D eigenvalue weighted by Crippen LogP contribution is -2.50. The molecule has 1 aliphatic carbocycles. The minimum absolute atomic E-state index is 0.0565. The average Bonchev–Trinajstić information content (AvgIpc) is 3.19. The third kappa shape index (κ3) is 3.48. The minimum atomic E-state index is -0.646. The maximum absolute atomic E-state index is 13.8. The number of morpholine rings is 1. The normalized spacial score (nSPS) is 22.0. The molecule has 4 rings (SSSR count). The van der Waals surface area contributed by atoms with Crippen molar-refractivity contribution in [2.45, 2.75) is 37.2 Å². The molecule has 1 aliphatic heterocycles. The number of rotatable bonds is 3. The molecule has 1 saturated heterocycles. The Hall–Kier alpha value is -2.27. The van der Waals surface area contributed by atoms with E-state index in [0.717, 1.165) is 36.8 Å². The predicted octanol–water partition coefficient (Wildman–Crippen LogP) is 4.38. The lowest BCUT2D eigenvalue weighted by Gasteiger charge is -2.39. The average molecular weight is 371 g/mol. The van der Waals surface area contributed by atoms with Gasteiger partial charge in [-0.15, -0.1) is 0 Å². The van der Waals surface area contributed by atoms with E-state index in [2.05, 4.69) is 0 Å². The molecule has 142 valence electrons. The standard InChI is InChI=1S/C22H23F2NO2/c23-18-8-6-16(7-9-18)20-15-25(12-13-27-20)21(26)22(10-1-2-11-22)17-4-3-5-19(24)14-17/h3-9,14,20H,1-2,10-13,15H2. The summed E-state index contributed by atoms with van der Waals surface area (Å²) in [5.74, 6) is -0.544. The van der Waals surface area contributed by atoms with Crippen molar-refractivity contribution in [1.82, 2.24) is 4.90 Å². The molecule has 1 atom stereocenters. The fraction of sp³-hybridized carbons (Fsp3) is 0.409. The molecule has 1 amide bonds. The summed E-state index contributed by atoms with van der Waals surface area (Å²) >= 11 is 0. The van der Waals surface area contributed by atoms with E-state index >= 15 is 0 Å². The molecule has 0 spiro atoms. The number of carbonyl (C=O) groups is 1. The van der Waals surface area contributed by atoms with Crippen LogP contribution in [0.15, 0.2) is 48.5 Å². The van der Waals surface area contributed by atoms with Gasteiger partial charge in [0.1, 0.15) is 17.7 Å². The lowest BCUT2D eigenvalue weighted by molar-refractivity contribution is -0.145. The molecule has 0 radical (unpaired) electrons. The van der Waals surface area contributed by atoms with Gasteiger partial charge < -0.3 is 9.64 Å². The van der Waals surface area contributed by atoms with Gasteiger partial charge in [-0.3, -0.25) is 4.79 Å². The molecule has 0 bridgehead atoms. The zero-order chi connectivity index (χ0) is 18.9. The van der Waals surface area contributed by atoms with Crippen molar-refractivity contribution in [3.05, 3.63) is 71.3 Å².